The number of aryl methyl sites for hydroxylation is 35. The summed E-state index contributed by atoms with van der Waals surface area (Å²) in [7, 11) is 0. The van der Waals surface area contributed by atoms with Crippen LogP contribution >= 0.6 is 0 Å². The third kappa shape index (κ3) is 57.4. The molecule has 0 aliphatic carbocycles. The lowest BCUT2D eigenvalue weighted by Crippen LogP contribution is -1.97. The van der Waals surface area contributed by atoms with Gasteiger partial charge in [-0.3, -0.25) is 39.9 Å². The maximum absolute atomic E-state index is 4.27. The molecule has 0 amide bonds. The summed E-state index contributed by atoms with van der Waals surface area (Å²) < 4.78 is 0. The maximum Gasteiger partial charge on any atom is 0.170 e. The summed E-state index contributed by atoms with van der Waals surface area (Å²) in [5.74, 6) is 5.76. The van der Waals surface area contributed by atoms with E-state index in [1.807, 2.05) is 261 Å². The van der Waals surface area contributed by atoms with Gasteiger partial charge in [-0.1, -0.05) is 25.6 Å². The molecule has 0 unspecified atom stereocenters. The number of rotatable bonds is 0. The van der Waals surface area contributed by atoms with Gasteiger partial charge in [-0.05, 0) is 329 Å². The van der Waals surface area contributed by atoms with Crippen LogP contribution in [0.25, 0.3) is 0 Å². The molecular formula is C94H132N32. The molecule has 0 fully saturated rings. The van der Waals surface area contributed by atoms with E-state index in [2.05, 4.69) is 220 Å². The molecule has 0 aliphatic heterocycles. The van der Waals surface area contributed by atoms with Gasteiger partial charge in [-0.15, -0.1) is 40.8 Å². The van der Waals surface area contributed by atoms with Gasteiger partial charge in [0.2, 0.25) is 0 Å². The van der Waals surface area contributed by atoms with Crippen LogP contribution in [-0.4, -0.2) is 161 Å². The van der Waals surface area contributed by atoms with Crippen LogP contribution in [0.2, 0.25) is 0 Å². The lowest BCUT2D eigenvalue weighted by molar-refractivity contribution is 0.767. The number of nitrogens with zero attached hydrogens (tertiary/aromatic N) is 32. The van der Waals surface area contributed by atoms with Crippen molar-refractivity contribution in [1.82, 2.24) is 161 Å². The molecule has 15 aromatic heterocycles. The van der Waals surface area contributed by atoms with Crippen molar-refractivity contribution in [1.29, 1.82) is 0 Å². The standard InChI is InChI=1S/3C8H11N.2C7H10N2.C7H9N.4C6H8N2.4C5H7N3.C4H6N4.CH4/c1-6-4-8(3)9-5-7(6)2;1-6-4-7(2)8(3)9-5-6;1-6-4-5-7(2)9-8(6)3;1-5-4-8-7(3)9-6(5)2;1-5-4-6(2)8-9-7(5)3;1-6-3-4-7(2)8-5-6;2*1-5-3-8-6(2)4-7-5;1-5-3-7-6(2)8-4-5;1-5-3-4-6(2)8-7-5;4*1-4-3-6-5(2)8-7-4;1-3-5-7-4(2)8-6-3;/h3*4-5H,1-3H3;2*4H,1-3H3;3-5H,1-2H3;4*3-4H,1-2H3;4*3H,1-2H3;1-2H3;1H4. The van der Waals surface area contributed by atoms with E-state index in [0.717, 1.165) is 149 Å². The van der Waals surface area contributed by atoms with E-state index < -0.39 is 0 Å². The van der Waals surface area contributed by atoms with Crippen LogP contribution in [0, 0.1) is 242 Å². The summed E-state index contributed by atoms with van der Waals surface area (Å²) in [6.45, 7) is 67.9. The summed E-state index contributed by atoms with van der Waals surface area (Å²) in [5.41, 5.74) is 28.9. The molecule has 0 spiro atoms. The van der Waals surface area contributed by atoms with E-state index in [-0.39, 0.29) is 7.43 Å². The smallest absolute Gasteiger partial charge is 0.170 e. The van der Waals surface area contributed by atoms with Crippen LogP contribution in [0.15, 0.2) is 141 Å². The van der Waals surface area contributed by atoms with Crippen LogP contribution in [0.4, 0.5) is 0 Å². The molecule has 0 aromatic carbocycles. The Morgan fingerprint density at radius 2 is 0.437 bits per heavy atom. The number of hydrogen-bond acceptors (Lipinski definition) is 32. The second-order valence-electron chi connectivity index (χ2n) is 28.9. The van der Waals surface area contributed by atoms with Crippen molar-refractivity contribution in [3.05, 3.63) is 341 Å². The van der Waals surface area contributed by atoms with Crippen LogP contribution in [-0.2, 0) is 0 Å². The van der Waals surface area contributed by atoms with E-state index in [0.29, 0.717) is 11.6 Å². The van der Waals surface area contributed by atoms with Gasteiger partial charge in [-0.2, -0.15) is 40.8 Å². The van der Waals surface area contributed by atoms with Crippen molar-refractivity contribution < 1.29 is 0 Å². The van der Waals surface area contributed by atoms with Crippen LogP contribution in [0.3, 0.4) is 0 Å². The summed E-state index contributed by atoms with van der Waals surface area (Å²) >= 11 is 0. The lowest BCUT2D eigenvalue weighted by Gasteiger charge is -1.97. The van der Waals surface area contributed by atoms with Gasteiger partial charge < -0.3 is 0 Å². The van der Waals surface area contributed by atoms with Gasteiger partial charge in [0.15, 0.2) is 11.6 Å². The van der Waals surface area contributed by atoms with E-state index in [9.17, 15) is 0 Å². The van der Waals surface area contributed by atoms with Crippen molar-refractivity contribution in [3.8, 4) is 0 Å². The SMILES string of the molecule is C.Cc1cc(C)c(C)cn1.Cc1cc(C)c(C)nn1.Cc1ccc(C)c(C)n1.Cc1ccc(C)nc1.Cc1ccc(C)nn1.Cc1cnc(C)c(C)c1.Cc1cnc(C)cn1.Cc1cnc(C)cn1.Cc1cnc(C)nc1.Cc1cnc(C)nn1.Cc1cnc(C)nn1.Cc1cnc(C)nn1.Cc1cnc(C)nn1.Cc1ncc(C)c(C)n1.Cc1nnc(C)nn1. The minimum atomic E-state index is 0. The molecule has 0 saturated carbocycles. The zero-order chi connectivity index (χ0) is 94.1. The molecule has 0 saturated heterocycles. The Bertz CT molecular complexity index is 4200. The van der Waals surface area contributed by atoms with Gasteiger partial charge in [-0.25, -0.2) is 39.9 Å². The molecule has 15 aromatic rings. The molecule has 0 atom stereocenters. The van der Waals surface area contributed by atoms with Crippen molar-refractivity contribution in [2.45, 2.75) is 250 Å². The predicted octanol–water partition coefficient (Wildman–Crippen LogP) is 17.4. The minimum absolute atomic E-state index is 0. The molecule has 126 heavy (non-hydrogen) atoms. The monoisotopic (exact) mass is 1710 g/mol. The van der Waals surface area contributed by atoms with E-state index >= 15 is 0 Å². The maximum atomic E-state index is 4.27. The van der Waals surface area contributed by atoms with Gasteiger partial charge in [0.05, 0.1) is 93.1 Å². The van der Waals surface area contributed by atoms with Gasteiger partial charge in [0.25, 0.3) is 0 Å². The van der Waals surface area contributed by atoms with E-state index in [1.165, 1.54) is 38.9 Å². The first-order valence-electron chi connectivity index (χ1n) is 40.1. The van der Waals surface area contributed by atoms with Crippen molar-refractivity contribution in [2.75, 3.05) is 0 Å². The zero-order valence-electron chi connectivity index (χ0n) is 80.1. The highest BCUT2D eigenvalue weighted by atomic mass is 15.3. The van der Waals surface area contributed by atoms with Crippen LogP contribution in [0.5, 0.6) is 0 Å². The summed E-state index contributed by atoms with van der Waals surface area (Å²) in [5, 5.41) is 60.0. The Kier molecular flexibility index (Phi) is 56.1. The van der Waals surface area contributed by atoms with Crippen molar-refractivity contribution >= 4 is 0 Å². The van der Waals surface area contributed by atoms with Gasteiger partial charge in [0.1, 0.15) is 34.9 Å². The van der Waals surface area contributed by atoms with Crippen LogP contribution < -0.4 is 0 Å². The largest absolute Gasteiger partial charge is 0.261 e. The molecule has 32 heteroatoms. The first-order valence-corrected chi connectivity index (χ1v) is 40.1. The third-order valence-electron chi connectivity index (χ3n) is 15.7. The second kappa shape index (κ2) is 63.1. The summed E-state index contributed by atoms with van der Waals surface area (Å²) in [6.07, 6.45) is 25.0. The molecule has 32 nitrogen and oxygen atoms in total. The van der Waals surface area contributed by atoms with E-state index in [1.54, 1.807) is 63.4 Å². The fraction of sp³-hybridized carbons (Fsp3) is 0.383. The molecule has 668 valence electrons. The lowest BCUT2D eigenvalue weighted by atomic mass is 10.2. The van der Waals surface area contributed by atoms with Gasteiger partial charge >= 0.3 is 0 Å². The second-order valence-corrected chi connectivity index (χ2v) is 28.9. The quantitative estimate of drug-likeness (QED) is 0.136. The highest BCUT2D eigenvalue weighted by Gasteiger charge is 1.98. The number of pyridine rings is 4. The predicted molar refractivity (Wildman–Crippen MR) is 499 cm³/mol. The fourth-order valence-corrected chi connectivity index (χ4v) is 7.89. The molecule has 0 aliphatic rings. The first kappa shape index (κ1) is 112. The number of aromatic nitrogens is 32. The molecule has 0 bridgehead atoms. The van der Waals surface area contributed by atoms with Crippen LogP contribution in [0.1, 0.15) is 207 Å². The molecule has 15 heterocycles. The average Bonchev–Trinajstić information content (AvgIpc) is 0.911. The van der Waals surface area contributed by atoms with Crippen molar-refractivity contribution in [3.63, 3.8) is 0 Å². The third-order valence-corrected chi connectivity index (χ3v) is 15.7. The van der Waals surface area contributed by atoms with Gasteiger partial charge in [0, 0.05) is 96.1 Å². The topological polar surface area (TPSA) is 412 Å². The normalized spacial score (nSPS) is 9.33. The van der Waals surface area contributed by atoms with Crippen molar-refractivity contribution in [2.24, 2.45) is 0 Å². The highest BCUT2D eigenvalue weighted by molar-refractivity contribution is 5.24. The fourth-order valence-electron chi connectivity index (χ4n) is 7.89. The number of hydrogen-bond donors (Lipinski definition) is 0. The minimum Gasteiger partial charge on any atom is -0.261 e. The molecule has 0 N–H and O–H groups in total. The molecule has 0 radical (unpaired) electrons. The first-order chi connectivity index (χ1) is 58.9. The average molecular weight is 1710 g/mol. The summed E-state index contributed by atoms with van der Waals surface area (Å²) in [4.78, 5) is 64.5. The zero-order valence-corrected chi connectivity index (χ0v) is 80.1. The Hall–Kier alpha value is -13.9. The molecular weight excluding hydrogens is 1580 g/mol. The Morgan fingerprint density at radius 1 is 0.135 bits per heavy atom. The summed E-state index contributed by atoms with van der Waals surface area (Å²) in [6, 6.07) is 18.3. The van der Waals surface area contributed by atoms with E-state index in [4.69, 9.17) is 0 Å². The molecule has 15 rings (SSSR count). The Labute approximate surface area is 747 Å². The Balaban J connectivity index is 0.00000133. The highest BCUT2D eigenvalue weighted by Crippen LogP contribution is 2.08. The Morgan fingerprint density at radius 3 is 0.714 bits per heavy atom.